The third kappa shape index (κ3) is 4.53. The number of methoxy groups -OCH3 is 1. The molecule has 0 unspecified atom stereocenters. The van der Waals surface area contributed by atoms with Crippen molar-refractivity contribution < 1.29 is 13.9 Å². The van der Waals surface area contributed by atoms with Gasteiger partial charge in [-0.1, -0.05) is 33.6 Å². The summed E-state index contributed by atoms with van der Waals surface area (Å²) < 4.78 is 10.5. The standard InChI is InChI=1S/C16H27N3O3/c1-16(2,3)15-18-17-13(22-15)11-19(10-9-14(20)21-4)12-7-5-6-8-12/h12H,5-11H2,1-4H3. The number of rotatable bonds is 6. The van der Waals surface area contributed by atoms with Crippen molar-refractivity contribution in [1.82, 2.24) is 15.1 Å². The Morgan fingerprint density at radius 2 is 2.00 bits per heavy atom. The summed E-state index contributed by atoms with van der Waals surface area (Å²) in [6.07, 6.45) is 5.23. The molecule has 0 atom stereocenters. The fourth-order valence-electron chi connectivity index (χ4n) is 2.79. The van der Waals surface area contributed by atoms with E-state index in [1.54, 1.807) is 0 Å². The number of hydrogen-bond donors (Lipinski definition) is 0. The Balaban J connectivity index is 2.01. The van der Waals surface area contributed by atoms with Gasteiger partial charge >= 0.3 is 5.97 Å². The normalized spacial score (nSPS) is 16.4. The first kappa shape index (κ1) is 16.9. The van der Waals surface area contributed by atoms with Crippen LogP contribution in [-0.4, -0.2) is 40.8 Å². The average molecular weight is 309 g/mol. The van der Waals surface area contributed by atoms with Gasteiger partial charge in [0, 0.05) is 18.0 Å². The number of aromatic nitrogens is 2. The largest absolute Gasteiger partial charge is 0.469 e. The number of carbonyl (C=O) groups is 1. The number of hydrogen-bond acceptors (Lipinski definition) is 6. The maximum atomic E-state index is 11.4. The zero-order chi connectivity index (χ0) is 16.2. The maximum Gasteiger partial charge on any atom is 0.306 e. The molecule has 0 amide bonds. The van der Waals surface area contributed by atoms with Crippen LogP contribution in [0.4, 0.5) is 0 Å². The van der Waals surface area contributed by atoms with Crippen LogP contribution in [0.2, 0.25) is 0 Å². The van der Waals surface area contributed by atoms with Gasteiger partial charge in [-0.05, 0) is 12.8 Å². The summed E-state index contributed by atoms with van der Waals surface area (Å²) in [5, 5.41) is 8.31. The fraction of sp³-hybridized carbons (Fsp3) is 0.812. The van der Waals surface area contributed by atoms with Crippen molar-refractivity contribution in [2.24, 2.45) is 0 Å². The SMILES string of the molecule is COC(=O)CCN(Cc1nnc(C(C)(C)C)o1)C1CCCC1. The Bertz CT molecular complexity index is 487. The van der Waals surface area contributed by atoms with Gasteiger partial charge in [0.25, 0.3) is 0 Å². The molecule has 0 spiro atoms. The molecule has 1 aliphatic rings. The van der Waals surface area contributed by atoms with E-state index in [4.69, 9.17) is 9.15 Å². The van der Waals surface area contributed by atoms with Crippen molar-refractivity contribution in [2.45, 2.75) is 70.9 Å². The van der Waals surface area contributed by atoms with E-state index >= 15 is 0 Å². The minimum Gasteiger partial charge on any atom is -0.469 e. The van der Waals surface area contributed by atoms with E-state index in [0.29, 0.717) is 37.3 Å². The van der Waals surface area contributed by atoms with Crippen LogP contribution < -0.4 is 0 Å². The Labute approximate surface area is 132 Å². The number of nitrogens with zero attached hydrogens (tertiary/aromatic N) is 3. The molecule has 22 heavy (non-hydrogen) atoms. The first-order valence-electron chi connectivity index (χ1n) is 8.04. The lowest BCUT2D eigenvalue weighted by molar-refractivity contribution is -0.141. The molecule has 0 aliphatic heterocycles. The second-order valence-corrected chi connectivity index (χ2v) is 6.99. The highest BCUT2D eigenvalue weighted by Gasteiger charge is 2.26. The van der Waals surface area contributed by atoms with Crippen molar-refractivity contribution in [3.8, 4) is 0 Å². The van der Waals surface area contributed by atoms with Gasteiger partial charge in [-0.2, -0.15) is 0 Å². The van der Waals surface area contributed by atoms with Crippen LogP contribution in [-0.2, 0) is 21.5 Å². The van der Waals surface area contributed by atoms with E-state index in [-0.39, 0.29) is 11.4 Å². The van der Waals surface area contributed by atoms with E-state index in [2.05, 4.69) is 35.9 Å². The molecular weight excluding hydrogens is 282 g/mol. The summed E-state index contributed by atoms with van der Waals surface area (Å²) in [7, 11) is 1.43. The third-order valence-corrected chi connectivity index (χ3v) is 4.12. The lowest BCUT2D eigenvalue weighted by atomic mass is 9.97. The second-order valence-electron chi connectivity index (χ2n) is 6.99. The molecule has 6 nitrogen and oxygen atoms in total. The molecule has 1 aromatic rings. The fourth-order valence-corrected chi connectivity index (χ4v) is 2.79. The minimum atomic E-state index is -0.177. The summed E-state index contributed by atoms with van der Waals surface area (Å²) in [5.41, 5.74) is -0.143. The second kappa shape index (κ2) is 7.22. The van der Waals surface area contributed by atoms with Crippen molar-refractivity contribution in [3.63, 3.8) is 0 Å². The van der Waals surface area contributed by atoms with E-state index in [1.807, 2.05) is 0 Å². The van der Waals surface area contributed by atoms with Crippen LogP contribution in [0.5, 0.6) is 0 Å². The lowest BCUT2D eigenvalue weighted by Crippen LogP contribution is -2.34. The number of carbonyl (C=O) groups excluding carboxylic acids is 1. The minimum absolute atomic E-state index is 0.143. The molecule has 0 radical (unpaired) electrons. The molecule has 1 saturated carbocycles. The van der Waals surface area contributed by atoms with Crippen LogP contribution in [0.1, 0.15) is 64.7 Å². The first-order chi connectivity index (χ1) is 10.4. The van der Waals surface area contributed by atoms with Crippen LogP contribution in [0.15, 0.2) is 4.42 Å². The summed E-state index contributed by atoms with van der Waals surface area (Å²) >= 11 is 0. The van der Waals surface area contributed by atoms with E-state index < -0.39 is 0 Å². The van der Waals surface area contributed by atoms with E-state index in [0.717, 1.165) is 0 Å². The van der Waals surface area contributed by atoms with Crippen molar-refractivity contribution in [3.05, 3.63) is 11.8 Å². The monoisotopic (exact) mass is 309 g/mol. The molecule has 1 aliphatic carbocycles. The average Bonchev–Trinajstić information content (AvgIpc) is 3.13. The van der Waals surface area contributed by atoms with Gasteiger partial charge < -0.3 is 9.15 Å². The van der Waals surface area contributed by atoms with E-state index in [9.17, 15) is 4.79 Å². The molecule has 0 saturated heterocycles. The van der Waals surface area contributed by atoms with Gasteiger partial charge in [0.05, 0.1) is 20.1 Å². The van der Waals surface area contributed by atoms with Gasteiger partial charge in [0.2, 0.25) is 11.8 Å². The van der Waals surface area contributed by atoms with Crippen LogP contribution >= 0.6 is 0 Å². The molecule has 0 aromatic carbocycles. The zero-order valence-electron chi connectivity index (χ0n) is 14.1. The molecule has 0 bridgehead atoms. The van der Waals surface area contributed by atoms with Crippen molar-refractivity contribution in [1.29, 1.82) is 0 Å². The van der Waals surface area contributed by atoms with Crippen LogP contribution in [0.3, 0.4) is 0 Å². The summed E-state index contributed by atoms with van der Waals surface area (Å²) in [6, 6.07) is 0.495. The maximum absolute atomic E-state index is 11.4. The van der Waals surface area contributed by atoms with Gasteiger partial charge in [-0.3, -0.25) is 9.69 Å². The van der Waals surface area contributed by atoms with Crippen molar-refractivity contribution >= 4 is 5.97 Å². The quantitative estimate of drug-likeness (QED) is 0.753. The third-order valence-electron chi connectivity index (χ3n) is 4.12. The zero-order valence-corrected chi connectivity index (χ0v) is 14.1. The summed E-state index contributed by atoms with van der Waals surface area (Å²) in [6.45, 7) is 7.43. The predicted octanol–water partition coefficient (Wildman–Crippen LogP) is 2.67. The van der Waals surface area contributed by atoms with E-state index in [1.165, 1.54) is 32.8 Å². The highest BCUT2D eigenvalue weighted by Crippen LogP contribution is 2.26. The molecule has 1 heterocycles. The Morgan fingerprint density at radius 3 is 2.55 bits per heavy atom. The van der Waals surface area contributed by atoms with Crippen molar-refractivity contribution in [2.75, 3.05) is 13.7 Å². The van der Waals surface area contributed by atoms with Gasteiger partial charge in [-0.25, -0.2) is 0 Å². The Kier molecular flexibility index (Phi) is 5.56. The Hall–Kier alpha value is -1.43. The van der Waals surface area contributed by atoms with Gasteiger partial charge in [0.1, 0.15) is 0 Å². The molecule has 124 valence electrons. The highest BCUT2D eigenvalue weighted by molar-refractivity contribution is 5.69. The van der Waals surface area contributed by atoms with Gasteiger partial charge in [-0.15, -0.1) is 10.2 Å². The topological polar surface area (TPSA) is 68.5 Å². The van der Waals surface area contributed by atoms with Gasteiger partial charge in [0.15, 0.2) is 0 Å². The predicted molar refractivity (Wildman–Crippen MR) is 82.3 cm³/mol. The number of ether oxygens (including phenoxy) is 1. The Morgan fingerprint density at radius 1 is 1.32 bits per heavy atom. The van der Waals surface area contributed by atoms with Crippen LogP contribution in [0, 0.1) is 0 Å². The highest BCUT2D eigenvalue weighted by atomic mass is 16.5. The molecule has 2 rings (SSSR count). The number of esters is 1. The lowest BCUT2D eigenvalue weighted by Gasteiger charge is -2.26. The molecule has 6 heteroatoms. The molecule has 1 fully saturated rings. The molecular formula is C16H27N3O3. The molecule has 1 aromatic heterocycles. The van der Waals surface area contributed by atoms with Crippen LogP contribution in [0.25, 0.3) is 0 Å². The smallest absolute Gasteiger partial charge is 0.306 e. The summed E-state index contributed by atoms with van der Waals surface area (Å²) in [5.74, 6) is 1.10. The molecule has 0 N–H and O–H groups in total. The summed E-state index contributed by atoms with van der Waals surface area (Å²) in [4.78, 5) is 13.7. The first-order valence-corrected chi connectivity index (χ1v) is 8.04.